The van der Waals surface area contributed by atoms with E-state index in [2.05, 4.69) is 66.4 Å². The highest BCUT2D eigenvalue weighted by molar-refractivity contribution is 5.96. The lowest BCUT2D eigenvalue weighted by Gasteiger charge is -2.55. The normalized spacial score (nSPS) is 23.1. The average molecular weight is 542 g/mol. The first-order valence-corrected chi connectivity index (χ1v) is 14.2. The molecule has 6 rings (SSSR count). The van der Waals surface area contributed by atoms with Crippen LogP contribution in [-0.2, 0) is 23.2 Å². The van der Waals surface area contributed by atoms with Gasteiger partial charge in [-0.3, -0.25) is 9.69 Å². The van der Waals surface area contributed by atoms with E-state index in [0.717, 1.165) is 43.3 Å². The van der Waals surface area contributed by atoms with Crippen molar-refractivity contribution in [3.8, 4) is 0 Å². The molecule has 208 valence electrons. The number of aromatic nitrogens is 1. The summed E-state index contributed by atoms with van der Waals surface area (Å²) in [4.78, 5) is 22.4. The Bertz CT molecular complexity index is 1560. The number of rotatable bonds is 4. The van der Waals surface area contributed by atoms with Gasteiger partial charge in [-0.15, -0.1) is 0 Å². The molecule has 0 radical (unpaired) electrons. The van der Waals surface area contributed by atoms with Crippen LogP contribution in [0, 0.1) is 5.82 Å². The summed E-state index contributed by atoms with van der Waals surface area (Å²) in [5.74, 6) is -0.807. The summed E-state index contributed by atoms with van der Waals surface area (Å²) >= 11 is 0. The first-order chi connectivity index (χ1) is 19.1. The van der Waals surface area contributed by atoms with Gasteiger partial charge < -0.3 is 9.88 Å². The van der Waals surface area contributed by atoms with Crippen molar-refractivity contribution < 1.29 is 13.6 Å². The number of nitrogens with one attached hydrogen (secondary N) is 1. The molecule has 1 saturated carbocycles. The minimum absolute atomic E-state index is 0.0879. The van der Waals surface area contributed by atoms with Gasteiger partial charge >= 0.3 is 0 Å². The number of aromatic amines is 1. The molecule has 2 heterocycles. The lowest BCUT2D eigenvalue weighted by molar-refractivity contribution is -0.0142. The number of hydrogen-bond acceptors (Lipinski definition) is 2. The summed E-state index contributed by atoms with van der Waals surface area (Å²) in [7, 11) is 4.28. The summed E-state index contributed by atoms with van der Waals surface area (Å²) in [6.07, 6.45) is 4.01. The van der Waals surface area contributed by atoms with Crippen molar-refractivity contribution in [3.05, 3.63) is 107 Å². The van der Waals surface area contributed by atoms with Crippen molar-refractivity contribution in [1.82, 2.24) is 14.8 Å². The van der Waals surface area contributed by atoms with Crippen LogP contribution in [0.5, 0.6) is 0 Å². The van der Waals surface area contributed by atoms with E-state index >= 15 is 0 Å². The zero-order valence-corrected chi connectivity index (χ0v) is 23.7. The number of carbonyl (C=O) groups excluding carboxylic acids is 1. The van der Waals surface area contributed by atoms with Crippen LogP contribution in [0.4, 0.5) is 8.78 Å². The zero-order valence-electron chi connectivity index (χ0n) is 23.7. The van der Waals surface area contributed by atoms with Crippen molar-refractivity contribution in [2.45, 2.75) is 62.7 Å². The fourth-order valence-electron chi connectivity index (χ4n) is 7.33. The molecule has 4 nitrogen and oxygen atoms in total. The molecule has 0 atom stereocenters. The number of fused-ring (bicyclic) bond motifs is 4. The topological polar surface area (TPSA) is 39.3 Å². The number of alkyl halides is 1. The maximum atomic E-state index is 14.9. The summed E-state index contributed by atoms with van der Waals surface area (Å²) in [5.41, 5.74) is 2.41. The molecule has 1 fully saturated rings. The molecular weight excluding hydrogens is 504 g/mol. The van der Waals surface area contributed by atoms with Crippen LogP contribution in [0.15, 0.2) is 72.8 Å². The Balaban J connectivity index is 1.46. The first kappa shape index (κ1) is 26.7. The number of hydrogen-bond donors (Lipinski definition) is 1. The first-order valence-electron chi connectivity index (χ1n) is 14.2. The lowest BCUT2D eigenvalue weighted by Crippen LogP contribution is -2.58. The molecule has 1 amide bonds. The maximum absolute atomic E-state index is 14.9. The maximum Gasteiger partial charge on any atom is 0.254 e. The molecule has 3 aromatic carbocycles. The lowest BCUT2D eigenvalue weighted by atomic mass is 9.65. The van der Waals surface area contributed by atoms with Crippen LogP contribution in [0.25, 0.3) is 10.9 Å². The monoisotopic (exact) mass is 541 g/mol. The van der Waals surface area contributed by atoms with E-state index in [1.807, 2.05) is 17.0 Å². The van der Waals surface area contributed by atoms with E-state index in [-0.39, 0.29) is 17.0 Å². The second-order valence-electron chi connectivity index (χ2n) is 12.2. The van der Waals surface area contributed by atoms with E-state index in [4.69, 9.17) is 0 Å². The molecule has 0 bridgehead atoms. The minimum atomic E-state index is -1.89. The molecular formula is C34H37F2N3O. The van der Waals surface area contributed by atoms with Crippen molar-refractivity contribution in [3.63, 3.8) is 0 Å². The van der Waals surface area contributed by atoms with E-state index in [9.17, 15) is 13.6 Å². The largest absolute Gasteiger partial charge is 0.356 e. The van der Waals surface area contributed by atoms with Gasteiger partial charge in [0.2, 0.25) is 0 Å². The van der Waals surface area contributed by atoms with Gasteiger partial charge in [0.15, 0.2) is 0 Å². The van der Waals surface area contributed by atoms with Crippen LogP contribution in [0.2, 0.25) is 0 Å². The van der Waals surface area contributed by atoms with Gasteiger partial charge in [0, 0.05) is 39.8 Å². The van der Waals surface area contributed by atoms with Crippen molar-refractivity contribution >= 4 is 16.8 Å². The van der Waals surface area contributed by atoms with Crippen molar-refractivity contribution in [2.75, 3.05) is 20.6 Å². The van der Waals surface area contributed by atoms with E-state index in [1.165, 1.54) is 48.6 Å². The minimum Gasteiger partial charge on any atom is -0.356 e. The highest BCUT2D eigenvalue weighted by atomic mass is 19.1. The second kappa shape index (κ2) is 9.55. The third-order valence-corrected chi connectivity index (χ3v) is 9.55. The van der Waals surface area contributed by atoms with Gasteiger partial charge in [0.25, 0.3) is 5.91 Å². The number of amides is 1. The highest BCUT2D eigenvalue weighted by Gasteiger charge is 2.53. The molecule has 4 aromatic rings. The molecule has 1 spiro atoms. The number of halogens is 2. The van der Waals surface area contributed by atoms with Crippen LogP contribution in [0.3, 0.4) is 0 Å². The smallest absolute Gasteiger partial charge is 0.254 e. The van der Waals surface area contributed by atoms with Crippen LogP contribution >= 0.6 is 0 Å². The summed E-state index contributed by atoms with van der Waals surface area (Å²) < 4.78 is 29.5. The standard InChI is InChI=1S/C34H37F2N3O/c1-32(2,36)27-22-23(14-15-28(27)35)31(40)39-21-16-26-25-12-8-9-13-29(25)37-30(26)34(39)19-17-33(18-20-34,38(3)4)24-10-6-5-7-11-24/h5-15,22,37H,16-21H2,1-4H3. The fraction of sp³-hybridized carbons (Fsp3) is 0.382. The molecule has 1 N–H and O–H groups in total. The second-order valence-corrected chi connectivity index (χ2v) is 12.2. The van der Waals surface area contributed by atoms with Crippen LogP contribution < -0.4 is 0 Å². The van der Waals surface area contributed by atoms with Crippen molar-refractivity contribution in [1.29, 1.82) is 0 Å². The molecule has 6 heteroatoms. The van der Waals surface area contributed by atoms with Gasteiger partial charge in [-0.1, -0.05) is 48.5 Å². The predicted molar refractivity (Wildman–Crippen MR) is 156 cm³/mol. The van der Waals surface area contributed by atoms with Gasteiger partial charge in [-0.05, 0) is 95.4 Å². The quantitative estimate of drug-likeness (QED) is 0.292. The van der Waals surface area contributed by atoms with Crippen LogP contribution in [-0.4, -0.2) is 41.3 Å². The third kappa shape index (κ3) is 4.07. The average Bonchev–Trinajstić information content (AvgIpc) is 3.33. The Morgan fingerprint density at radius 3 is 2.30 bits per heavy atom. The number of para-hydroxylation sites is 1. The number of H-pyrrole nitrogens is 1. The number of benzene rings is 3. The third-order valence-electron chi connectivity index (χ3n) is 9.55. The summed E-state index contributed by atoms with van der Waals surface area (Å²) in [6.45, 7) is 3.20. The Morgan fingerprint density at radius 1 is 0.950 bits per heavy atom. The Kier molecular flexibility index (Phi) is 6.37. The highest BCUT2D eigenvalue weighted by Crippen LogP contribution is 2.54. The SMILES string of the molecule is CN(C)C1(c2ccccc2)CCC2(CC1)c1[nH]c3ccccc3c1CCN2C(=O)c1ccc(F)c(C(C)(C)F)c1. The Labute approximate surface area is 235 Å². The Morgan fingerprint density at radius 2 is 1.62 bits per heavy atom. The molecule has 0 unspecified atom stereocenters. The number of nitrogens with zero attached hydrogens (tertiary/aromatic N) is 2. The van der Waals surface area contributed by atoms with E-state index in [1.54, 1.807) is 0 Å². The molecule has 1 aliphatic carbocycles. The molecule has 0 saturated heterocycles. The Hall–Kier alpha value is -3.51. The van der Waals surface area contributed by atoms with Crippen LogP contribution in [0.1, 0.15) is 72.3 Å². The zero-order chi connectivity index (χ0) is 28.3. The van der Waals surface area contributed by atoms with E-state index < -0.39 is 17.0 Å². The summed E-state index contributed by atoms with van der Waals surface area (Å²) in [5, 5.41) is 1.21. The molecule has 40 heavy (non-hydrogen) atoms. The fourth-order valence-corrected chi connectivity index (χ4v) is 7.33. The van der Waals surface area contributed by atoms with Gasteiger partial charge in [0.05, 0.1) is 5.54 Å². The van der Waals surface area contributed by atoms with Gasteiger partial charge in [-0.25, -0.2) is 8.78 Å². The molecule has 1 aliphatic heterocycles. The van der Waals surface area contributed by atoms with E-state index in [0.29, 0.717) is 12.1 Å². The molecule has 2 aliphatic rings. The number of carbonyl (C=O) groups is 1. The van der Waals surface area contributed by atoms with Crippen molar-refractivity contribution in [2.24, 2.45) is 0 Å². The predicted octanol–water partition coefficient (Wildman–Crippen LogP) is 7.44. The van der Waals surface area contributed by atoms with Gasteiger partial charge in [0.1, 0.15) is 11.5 Å². The van der Waals surface area contributed by atoms with Gasteiger partial charge in [-0.2, -0.15) is 0 Å². The molecule has 1 aromatic heterocycles. The summed E-state index contributed by atoms with van der Waals surface area (Å²) in [6, 6.07) is 23.1.